The summed E-state index contributed by atoms with van der Waals surface area (Å²) in [6.07, 6.45) is 6.42. The Hall–Kier alpha value is -0.840. The number of carbonyl (C=O) groups excluding carboxylic acids is 1. The summed E-state index contributed by atoms with van der Waals surface area (Å²) in [6, 6.07) is 0. The fourth-order valence-electron chi connectivity index (χ4n) is 1.72. The molecule has 17 heavy (non-hydrogen) atoms. The van der Waals surface area contributed by atoms with Crippen LogP contribution in [0.2, 0.25) is 0 Å². The van der Waals surface area contributed by atoms with E-state index in [0.29, 0.717) is 6.54 Å². The lowest BCUT2D eigenvalue weighted by Gasteiger charge is -2.12. The monoisotopic (exact) mass is 301 g/mol. The number of halogens is 1. The van der Waals surface area contributed by atoms with Crippen LogP contribution < -0.4 is 5.32 Å². The predicted molar refractivity (Wildman–Crippen MR) is 71.6 cm³/mol. The van der Waals surface area contributed by atoms with Crippen LogP contribution in [0.25, 0.3) is 0 Å². The van der Waals surface area contributed by atoms with Crippen LogP contribution in [0, 0.1) is 5.92 Å². The lowest BCUT2D eigenvalue weighted by atomic mass is 10.0. The van der Waals surface area contributed by atoms with Gasteiger partial charge in [-0.1, -0.05) is 13.8 Å². The number of rotatable bonds is 7. The highest BCUT2D eigenvalue weighted by Crippen LogP contribution is 2.07. The van der Waals surface area contributed by atoms with Gasteiger partial charge in [-0.05, 0) is 35.2 Å². The first-order valence-electron chi connectivity index (χ1n) is 6.13. The maximum atomic E-state index is 11.7. The number of hydrogen-bond acceptors (Lipinski definition) is 2. The molecule has 96 valence electrons. The van der Waals surface area contributed by atoms with Crippen LogP contribution in [-0.2, 0) is 11.3 Å². The summed E-state index contributed by atoms with van der Waals surface area (Å²) in [5.41, 5.74) is 0. The van der Waals surface area contributed by atoms with Gasteiger partial charge in [0.2, 0.25) is 5.91 Å². The quantitative estimate of drug-likeness (QED) is 0.787. The van der Waals surface area contributed by atoms with Crippen molar-refractivity contribution in [3.05, 3.63) is 16.9 Å². The van der Waals surface area contributed by atoms with Gasteiger partial charge in [0.05, 0.1) is 10.7 Å². The Labute approximate surface area is 111 Å². The van der Waals surface area contributed by atoms with Crippen molar-refractivity contribution in [1.29, 1.82) is 0 Å². The Morgan fingerprint density at radius 3 is 2.76 bits per heavy atom. The fraction of sp³-hybridized carbons (Fsp3) is 0.667. The van der Waals surface area contributed by atoms with Crippen LogP contribution in [0.3, 0.4) is 0 Å². The van der Waals surface area contributed by atoms with E-state index in [-0.39, 0.29) is 11.8 Å². The molecule has 0 aliphatic heterocycles. The van der Waals surface area contributed by atoms with Crippen LogP contribution >= 0.6 is 15.9 Å². The SMILES string of the molecule is CCC(CC)C(=O)NCCCn1cc(Br)cn1. The molecular weight excluding hydrogens is 282 g/mol. The van der Waals surface area contributed by atoms with E-state index in [1.807, 2.05) is 10.9 Å². The van der Waals surface area contributed by atoms with Crippen molar-refractivity contribution in [1.82, 2.24) is 15.1 Å². The number of nitrogens with one attached hydrogen (secondary N) is 1. The molecule has 5 heteroatoms. The van der Waals surface area contributed by atoms with Gasteiger partial charge < -0.3 is 5.32 Å². The van der Waals surface area contributed by atoms with Gasteiger partial charge in [-0.25, -0.2) is 0 Å². The molecule has 0 saturated heterocycles. The van der Waals surface area contributed by atoms with Crippen LogP contribution in [0.4, 0.5) is 0 Å². The summed E-state index contributed by atoms with van der Waals surface area (Å²) < 4.78 is 2.85. The number of carbonyl (C=O) groups is 1. The minimum absolute atomic E-state index is 0.161. The highest BCUT2D eigenvalue weighted by atomic mass is 79.9. The average molecular weight is 302 g/mol. The second-order valence-corrected chi connectivity index (χ2v) is 5.00. The van der Waals surface area contributed by atoms with Gasteiger partial charge in [-0.3, -0.25) is 9.48 Å². The minimum atomic E-state index is 0.161. The van der Waals surface area contributed by atoms with E-state index in [1.165, 1.54) is 0 Å². The van der Waals surface area contributed by atoms with Gasteiger partial charge in [0.1, 0.15) is 0 Å². The van der Waals surface area contributed by atoms with Gasteiger partial charge in [-0.15, -0.1) is 0 Å². The molecule has 0 aliphatic carbocycles. The molecule has 0 saturated carbocycles. The summed E-state index contributed by atoms with van der Waals surface area (Å²) in [4.78, 5) is 11.7. The molecular formula is C12H20BrN3O. The normalized spacial score (nSPS) is 10.8. The van der Waals surface area contributed by atoms with Crippen molar-refractivity contribution in [2.45, 2.75) is 39.7 Å². The number of amides is 1. The summed E-state index contributed by atoms with van der Waals surface area (Å²) >= 11 is 3.35. The molecule has 0 atom stereocenters. The molecule has 1 aromatic rings. The van der Waals surface area contributed by atoms with Crippen molar-refractivity contribution >= 4 is 21.8 Å². The standard InChI is InChI=1S/C12H20BrN3O/c1-3-10(4-2)12(17)14-6-5-7-16-9-11(13)8-15-16/h8-10H,3-7H2,1-2H3,(H,14,17). The van der Waals surface area contributed by atoms with Gasteiger partial charge in [-0.2, -0.15) is 5.10 Å². The van der Waals surface area contributed by atoms with Crippen molar-refractivity contribution in [3.8, 4) is 0 Å². The maximum absolute atomic E-state index is 11.7. The third-order valence-corrected chi connectivity index (χ3v) is 3.23. The summed E-state index contributed by atoms with van der Waals surface area (Å²) in [6.45, 7) is 5.64. The summed E-state index contributed by atoms with van der Waals surface area (Å²) in [5, 5.41) is 7.13. The molecule has 4 nitrogen and oxygen atoms in total. The molecule has 0 spiro atoms. The lowest BCUT2D eigenvalue weighted by molar-refractivity contribution is -0.125. The first kappa shape index (κ1) is 14.2. The van der Waals surface area contributed by atoms with E-state index in [4.69, 9.17) is 0 Å². The van der Waals surface area contributed by atoms with Crippen molar-refractivity contribution < 1.29 is 4.79 Å². The Morgan fingerprint density at radius 1 is 1.53 bits per heavy atom. The molecule has 0 aliphatic rings. The second-order valence-electron chi connectivity index (χ2n) is 4.08. The zero-order valence-corrected chi connectivity index (χ0v) is 12.0. The molecule has 1 aromatic heterocycles. The molecule has 0 radical (unpaired) electrons. The fourth-order valence-corrected chi connectivity index (χ4v) is 2.04. The Balaban J connectivity index is 2.17. The summed E-state index contributed by atoms with van der Waals surface area (Å²) in [5.74, 6) is 0.338. The molecule has 1 N–H and O–H groups in total. The molecule has 0 unspecified atom stereocenters. The van der Waals surface area contributed by atoms with Crippen molar-refractivity contribution in [2.24, 2.45) is 5.92 Å². The van der Waals surface area contributed by atoms with E-state index >= 15 is 0 Å². The number of hydrogen-bond donors (Lipinski definition) is 1. The molecule has 0 bridgehead atoms. The van der Waals surface area contributed by atoms with Crippen LogP contribution in [-0.4, -0.2) is 22.2 Å². The Morgan fingerprint density at radius 2 is 2.24 bits per heavy atom. The first-order valence-corrected chi connectivity index (χ1v) is 6.92. The maximum Gasteiger partial charge on any atom is 0.223 e. The third kappa shape index (κ3) is 4.89. The first-order chi connectivity index (χ1) is 8.17. The van der Waals surface area contributed by atoms with Gasteiger partial charge in [0.25, 0.3) is 0 Å². The van der Waals surface area contributed by atoms with Crippen molar-refractivity contribution in [2.75, 3.05) is 6.54 Å². The van der Waals surface area contributed by atoms with Gasteiger partial charge >= 0.3 is 0 Å². The smallest absolute Gasteiger partial charge is 0.223 e. The zero-order valence-electron chi connectivity index (χ0n) is 10.4. The van der Waals surface area contributed by atoms with E-state index in [9.17, 15) is 4.79 Å². The van der Waals surface area contributed by atoms with Crippen molar-refractivity contribution in [3.63, 3.8) is 0 Å². The Bertz CT molecular complexity index is 347. The summed E-state index contributed by atoms with van der Waals surface area (Å²) in [7, 11) is 0. The highest BCUT2D eigenvalue weighted by Gasteiger charge is 2.12. The highest BCUT2D eigenvalue weighted by molar-refractivity contribution is 9.10. The number of aromatic nitrogens is 2. The Kier molecular flexibility index (Phi) is 6.26. The molecule has 1 heterocycles. The zero-order chi connectivity index (χ0) is 12.7. The molecule has 0 fully saturated rings. The third-order valence-electron chi connectivity index (χ3n) is 2.82. The molecule has 1 amide bonds. The van der Waals surface area contributed by atoms with Gasteiger partial charge in [0.15, 0.2) is 0 Å². The van der Waals surface area contributed by atoms with Gasteiger partial charge in [0, 0.05) is 25.2 Å². The largest absolute Gasteiger partial charge is 0.356 e. The minimum Gasteiger partial charge on any atom is -0.356 e. The van der Waals surface area contributed by atoms with E-state index < -0.39 is 0 Å². The molecule has 0 aromatic carbocycles. The molecule has 1 rings (SSSR count). The number of aryl methyl sites for hydroxylation is 1. The average Bonchev–Trinajstić information content (AvgIpc) is 2.72. The van der Waals surface area contributed by atoms with Crippen LogP contribution in [0.15, 0.2) is 16.9 Å². The number of nitrogens with zero attached hydrogens (tertiary/aromatic N) is 2. The topological polar surface area (TPSA) is 46.9 Å². The van der Waals surface area contributed by atoms with E-state index in [1.54, 1.807) is 6.20 Å². The predicted octanol–water partition coefficient (Wildman–Crippen LogP) is 2.59. The van der Waals surface area contributed by atoms with E-state index in [2.05, 4.69) is 40.2 Å². The van der Waals surface area contributed by atoms with E-state index in [0.717, 1.165) is 30.3 Å². The second kappa shape index (κ2) is 7.48. The van der Waals surface area contributed by atoms with Crippen LogP contribution in [0.5, 0.6) is 0 Å². The van der Waals surface area contributed by atoms with Crippen LogP contribution in [0.1, 0.15) is 33.1 Å². The lowest BCUT2D eigenvalue weighted by Crippen LogP contribution is -2.31.